The summed E-state index contributed by atoms with van der Waals surface area (Å²) in [6.07, 6.45) is 0.886. The molecule has 0 radical (unpaired) electrons. The van der Waals surface area contributed by atoms with Crippen molar-refractivity contribution in [3.8, 4) is 0 Å². The molecule has 11 heavy (non-hydrogen) atoms. The first-order chi connectivity index (χ1) is 4.93. The highest BCUT2D eigenvalue weighted by Crippen LogP contribution is 2.40. The van der Waals surface area contributed by atoms with E-state index in [1.807, 2.05) is 27.7 Å². The Kier molecular flexibility index (Phi) is 3.52. The van der Waals surface area contributed by atoms with Crippen molar-refractivity contribution in [2.24, 2.45) is 10.8 Å². The van der Waals surface area contributed by atoms with Crippen molar-refractivity contribution in [1.29, 1.82) is 0 Å². The summed E-state index contributed by atoms with van der Waals surface area (Å²) in [6.45, 7) is 8.26. The Morgan fingerprint density at radius 3 is 1.55 bits per heavy atom. The largest absolute Gasteiger partial charge is 0.396 e. The first-order valence-electron chi connectivity index (χ1n) is 4.15. The van der Waals surface area contributed by atoms with E-state index in [1.54, 1.807) is 0 Å². The lowest BCUT2D eigenvalue weighted by molar-refractivity contribution is -0.0219. The van der Waals surface area contributed by atoms with Crippen LogP contribution in [0.2, 0.25) is 0 Å². The molecule has 0 amide bonds. The lowest BCUT2D eigenvalue weighted by Gasteiger charge is -2.41. The van der Waals surface area contributed by atoms with Crippen molar-refractivity contribution in [3.05, 3.63) is 0 Å². The summed E-state index contributed by atoms with van der Waals surface area (Å²) in [4.78, 5) is 0. The highest BCUT2D eigenvalue weighted by atomic mass is 16.3. The number of rotatable bonds is 4. The van der Waals surface area contributed by atoms with Gasteiger partial charge in [0.05, 0.1) is 0 Å². The zero-order chi connectivity index (χ0) is 9.12. The maximum Gasteiger partial charge on any atom is 0.0490 e. The van der Waals surface area contributed by atoms with Gasteiger partial charge in [-0.15, -0.1) is 0 Å². The van der Waals surface area contributed by atoms with E-state index in [0.717, 1.165) is 6.42 Å². The molecule has 0 saturated heterocycles. The molecule has 0 saturated carbocycles. The first kappa shape index (κ1) is 10.9. The summed E-state index contributed by atoms with van der Waals surface area (Å²) in [5, 5.41) is 18.2. The summed E-state index contributed by atoms with van der Waals surface area (Å²) in [5.74, 6) is 0. The molecule has 0 fully saturated rings. The Labute approximate surface area is 69.2 Å². The molecule has 0 heterocycles. The van der Waals surface area contributed by atoms with Gasteiger partial charge in [0.25, 0.3) is 0 Å². The van der Waals surface area contributed by atoms with Gasteiger partial charge in [0.1, 0.15) is 0 Å². The van der Waals surface area contributed by atoms with Crippen LogP contribution in [0.15, 0.2) is 0 Å². The predicted octanol–water partition coefficient (Wildman–Crippen LogP) is 1.41. The van der Waals surface area contributed by atoms with Crippen LogP contribution in [-0.4, -0.2) is 23.4 Å². The molecule has 2 nitrogen and oxygen atoms in total. The number of hydrogen-bond donors (Lipinski definition) is 2. The summed E-state index contributed by atoms with van der Waals surface area (Å²) >= 11 is 0. The monoisotopic (exact) mass is 160 g/mol. The lowest BCUT2D eigenvalue weighted by atomic mass is 9.66. The Morgan fingerprint density at radius 2 is 1.45 bits per heavy atom. The van der Waals surface area contributed by atoms with Crippen LogP contribution >= 0.6 is 0 Å². The van der Waals surface area contributed by atoms with Gasteiger partial charge < -0.3 is 10.2 Å². The second-order valence-corrected chi connectivity index (χ2v) is 4.11. The van der Waals surface area contributed by atoms with Crippen molar-refractivity contribution in [3.63, 3.8) is 0 Å². The first-order valence-corrected chi connectivity index (χ1v) is 4.15. The molecule has 1 atom stereocenters. The van der Waals surface area contributed by atoms with Gasteiger partial charge in [0.2, 0.25) is 0 Å². The molecule has 0 aromatic heterocycles. The number of aliphatic hydroxyl groups is 2. The van der Waals surface area contributed by atoms with Gasteiger partial charge >= 0.3 is 0 Å². The smallest absolute Gasteiger partial charge is 0.0490 e. The topological polar surface area (TPSA) is 40.5 Å². The lowest BCUT2D eigenvalue weighted by Crippen LogP contribution is -2.40. The Morgan fingerprint density at radius 1 is 1.00 bits per heavy atom. The standard InChI is InChI=1S/C9H20O2/c1-5-9(4,7-11)8(2,3)6-10/h10-11H,5-7H2,1-4H3. The van der Waals surface area contributed by atoms with E-state index in [1.165, 1.54) is 0 Å². The van der Waals surface area contributed by atoms with Gasteiger partial charge in [-0.25, -0.2) is 0 Å². The minimum absolute atomic E-state index is 0.123. The minimum atomic E-state index is -0.198. The fraction of sp³-hybridized carbons (Fsp3) is 1.00. The minimum Gasteiger partial charge on any atom is -0.396 e. The van der Waals surface area contributed by atoms with Crippen molar-refractivity contribution >= 4 is 0 Å². The van der Waals surface area contributed by atoms with Crippen molar-refractivity contribution in [2.75, 3.05) is 13.2 Å². The highest BCUT2D eigenvalue weighted by Gasteiger charge is 2.38. The Balaban J connectivity index is 4.47. The molecule has 0 spiro atoms. The molecule has 1 unspecified atom stereocenters. The van der Waals surface area contributed by atoms with Crippen LogP contribution in [-0.2, 0) is 0 Å². The predicted molar refractivity (Wildman–Crippen MR) is 46.4 cm³/mol. The van der Waals surface area contributed by atoms with E-state index in [9.17, 15) is 0 Å². The van der Waals surface area contributed by atoms with Crippen LogP contribution in [0.4, 0.5) is 0 Å². The average molecular weight is 160 g/mol. The zero-order valence-corrected chi connectivity index (χ0v) is 8.02. The summed E-state index contributed by atoms with van der Waals surface area (Å²) in [5.41, 5.74) is -0.363. The second kappa shape index (κ2) is 3.55. The van der Waals surface area contributed by atoms with Crippen LogP contribution in [0.25, 0.3) is 0 Å². The summed E-state index contributed by atoms with van der Waals surface area (Å²) in [7, 11) is 0. The maximum atomic E-state index is 9.14. The Hall–Kier alpha value is -0.0800. The average Bonchev–Trinajstić information content (AvgIpc) is 2.02. The molecule has 0 bridgehead atoms. The van der Waals surface area contributed by atoms with Gasteiger partial charge in [-0.1, -0.05) is 27.7 Å². The van der Waals surface area contributed by atoms with E-state index in [4.69, 9.17) is 10.2 Å². The molecule has 0 rings (SSSR count). The van der Waals surface area contributed by atoms with Crippen molar-refractivity contribution in [1.82, 2.24) is 0 Å². The quantitative estimate of drug-likeness (QED) is 0.653. The molecule has 0 aliphatic heterocycles. The van der Waals surface area contributed by atoms with E-state index in [2.05, 4.69) is 0 Å². The summed E-state index contributed by atoms with van der Waals surface area (Å²) < 4.78 is 0. The molecular weight excluding hydrogens is 140 g/mol. The van der Waals surface area contributed by atoms with E-state index in [0.29, 0.717) is 0 Å². The zero-order valence-electron chi connectivity index (χ0n) is 8.02. The molecular formula is C9H20O2. The van der Waals surface area contributed by atoms with Gasteiger partial charge in [-0.05, 0) is 17.3 Å². The van der Waals surface area contributed by atoms with Gasteiger partial charge in [0.15, 0.2) is 0 Å². The molecule has 68 valence electrons. The third-order valence-electron chi connectivity index (χ3n) is 3.16. The highest BCUT2D eigenvalue weighted by molar-refractivity contribution is 4.87. The van der Waals surface area contributed by atoms with E-state index < -0.39 is 0 Å². The molecule has 0 aliphatic rings. The summed E-state index contributed by atoms with van der Waals surface area (Å²) in [6, 6.07) is 0. The fourth-order valence-corrected chi connectivity index (χ4v) is 0.995. The van der Waals surface area contributed by atoms with Crippen LogP contribution in [0.3, 0.4) is 0 Å². The van der Waals surface area contributed by atoms with Crippen molar-refractivity contribution < 1.29 is 10.2 Å². The van der Waals surface area contributed by atoms with Gasteiger partial charge in [-0.2, -0.15) is 0 Å². The van der Waals surface area contributed by atoms with Crippen molar-refractivity contribution in [2.45, 2.75) is 34.1 Å². The normalized spacial score (nSPS) is 18.0. The molecule has 0 aromatic rings. The molecule has 0 aliphatic carbocycles. The third kappa shape index (κ3) is 1.94. The van der Waals surface area contributed by atoms with Crippen LogP contribution in [0.1, 0.15) is 34.1 Å². The van der Waals surface area contributed by atoms with Crippen LogP contribution < -0.4 is 0 Å². The van der Waals surface area contributed by atoms with Crippen LogP contribution in [0, 0.1) is 10.8 Å². The number of aliphatic hydroxyl groups excluding tert-OH is 2. The molecule has 2 N–H and O–H groups in total. The van der Waals surface area contributed by atoms with E-state index in [-0.39, 0.29) is 24.0 Å². The maximum absolute atomic E-state index is 9.14. The fourth-order valence-electron chi connectivity index (χ4n) is 0.995. The number of hydrogen-bond acceptors (Lipinski definition) is 2. The van der Waals surface area contributed by atoms with Crippen LogP contribution in [0.5, 0.6) is 0 Å². The Bertz CT molecular complexity index is 115. The van der Waals surface area contributed by atoms with E-state index >= 15 is 0 Å². The molecule has 2 heteroatoms. The SMILES string of the molecule is CCC(C)(CO)C(C)(C)CO. The molecule has 0 aromatic carbocycles. The second-order valence-electron chi connectivity index (χ2n) is 4.11. The van der Waals surface area contributed by atoms with Gasteiger partial charge in [0, 0.05) is 13.2 Å². The third-order valence-corrected chi connectivity index (χ3v) is 3.16. The van der Waals surface area contributed by atoms with Gasteiger partial charge in [-0.3, -0.25) is 0 Å².